The molecular formula is C32H32ClN3O4. The minimum Gasteiger partial charge on any atom is -0.493 e. The molecule has 0 atom stereocenters. The number of oxime groups is 1. The van der Waals surface area contributed by atoms with Gasteiger partial charge in [0.05, 0.1) is 19.9 Å². The molecule has 4 aromatic rings. The minimum absolute atomic E-state index is 0. The van der Waals surface area contributed by atoms with Crippen LogP contribution in [0.25, 0.3) is 22.2 Å². The molecule has 0 unspecified atom stereocenters. The normalized spacial score (nSPS) is 12.6. The van der Waals surface area contributed by atoms with E-state index in [1.807, 2.05) is 74.8 Å². The molecule has 7 nitrogen and oxygen atoms in total. The van der Waals surface area contributed by atoms with Crippen molar-refractivity contribution in [1.29, 1.82) is 0 Å². The third kappa shape index (κ3) is 6.09. The standard InChI is InChI=1S/C32H31N3O4.ClH/c1-35(2)16-18-38-23-14-15-27-26(19-23)30-31(33-27)24-20-28(36-3)29(37-4)21-25(24)32(30)34-39-17-10-6-9-13-22-11-7-5-8-12-22;/h5-8,10-12,14-15,19-21,33H,16-18H2,1-4H3;1H. The first-order chi connectivity index (χ1) is 19.1. The van der Waals surface area contributed by atoms with Gasteiger partial charge in [0, 0.05) is 39.7 Å². The summed E-state index contributed by atoms with van der Waals surface area (Å²) in [4.78, 5) is 11.4. The Bertz CT molecular complexity index is 1600. The van der Waals surface area contributed by atoms with E-state index in [4.69, 9.17) is 19.0 Å². The van der Waals surface area contributed by atoms with Crippen LogP contribution >= 0.6 is 12.4 Å². The zero-order valence-corrected chi connectivity index (χ0v) is 23.8. The lowest BCUT2D eigenvalue weighted by Gasteiger charge is -2.12. The largest absolute Gasteiger partial charge is 0.493 e. The Hall–Kier alpha value is -4.38. The van der Waals surface area contributed by atoms with Crippen LogP contribution in [0.5, 0.6) is 17.2 Å². The van der Waals surface area contributed by atoms with Crippen molar-refractivity contribution in [1.82, 2.24) is 9.88 Å². The summed E-state index contributed by atoms with van der Waals surface area (Å²) in [6.07, 6.45) is 3.62. The smallest absolute Gasteiger partial charge is 0.161 e. The van der Waals surface area contributed by atoms with E-state index in [0.29, 0.717) is 18.1 Å². The summed E-state index contributed by atoms with van der Waals surface area (Å²) in [5.41, 5.74) is 6.47. The molecule has 1 aromatic heterocycles. The quantitative estimate of drug-likeness (QED) is 0.139. The van der Waals surface area contributed by atoms with Crippen LogP contribution in [0.4, 0.5) is 0 Å². The lowest BCUT2D eigenvalue weighted by Crippen LogP contribution is -2.19. The summed E-state index contributed by atoms with van der Waals surface area (Å²) in [5.74, 6) is 8.20. The molecule has 0 bridgehead atoms. The maximum atomic E-state index is 6.02. The summed E-state index contributed by atoms with van der Waals surface area (Å²) < 4.78 is 17.2. The number of hydrogen-bond acceptors (Lipinski definition) is 6. The lowest BCUT2D eigenvalue weighted by atomic mass is 10.1. The Morgan fingerprint density at radius 3 is 2.42 bits per heavy atom. The number of ether oxygens (including phenoxy) is 3. The van der Waals surface area contributed by atoms with Gasteiger partial charge in [-0.25, -0.2) is 0 Å². The first-order valence-corrected chi connectivity index (χ1v) is 12.7. The molecule has 0 fully saturated rings. The summed E-state index contributed by atoms with van der Waals surface area (Å²) in [6, 6.07) is 19.8. The van der Waals surface area contributed by atoms with Gasteiger partial charge in [0.2, 0.25) is 0 Å². The Balaban J connectivity index is 0.00000370. The topological polar surface area (TPSA) is 68.3 Å². The summed E-state index contributed by atoms with van der Waals surface area (Å²) in [5, 5.41) is 5.59. The number of allylic oxidation sites excluding steroid dienone is 1. The first kappa shape index (κ1) is 28.6. The van der Waals surface area contributed by atoms with Crippen molar-refractivity contribution < 1.29 is 19.0 Å². The van der Waals surface area contributed by atoms with Gasteiger partial charge in [0.25, 0.3) is 0 Å². The molecule has 1 N–H and O–H groups in total. The molecule has 8 heteroatoms. The molecule has 0 aliphatic heterocycles. The van der Waals surface area contributed by atoms with Crippen LogP contribution in [0, 0.1) is 11.8 Å². The number of benzene rings is 3. The number of halogens is 1. The Kier molecular flexibility index (Phi) is 9.39. The molecule has 0 saturated heterocycles. The highest BCUT2D eigenvalue weighted by molar-refractivity contribution is 6.30. The number of rotatable bonds is 9. The van der Waals surface area contributed by atoms with Crippen molar-refractivity contribution in [2.24, 2.45) is 5.16 Å². The molecule has 0 spiro atoms. The third-order valence-corrected chi connectivity index (χ3v) is 6.38. The van der Waals surface area contributed by atoms with Gasteiger partial charge in [-0.1, -0.05) is 35.2 Å². The summed E-state index contributed by atoms with van der Waals surface area (Å²) in [6.45, 7) is 1.72. The highest BCUT2D eigenvalue weighted by Gasteiger charge is 2.32. The molecular weight excluding hydrogens is 526 g/mol. The van der Waals surface area contributed by atoms with Crippen molar-refractivity contribution in [2.45, 2.75) is 0 Å². The van der Waals surface area contributed by atoms with Gasteiger partial charge in [-0.2, -0.15) is 0 Å². The monoisotopic (exact) mass is 557 g/mol. The zero-order valence-electron chi connectivity index (χ0n) is 23.0. The van der Waals surface area contributed by atoms with Gasteiger partial charge in [-0.3, -0.25) is 0 Å². The van der Waals surface area contributed by atoms with Crippen LogP contribution in [-0.2, 0) is 4.84 Å². The molecule has 0 amide bonds. The molecule has 1 aliphatic carbocycles. The number of fused-ring (bicyclic) bond motifs is 5. The predicted molar refractivity (Wildman–Crippen MR) is 162 cm³/mol. The van der Waals surface area contributed by atoms with Crippen LogP contribution in [0.15, 0.2) is 78.0 Å². The van der Waals surface area contributed by atoms with Gasteiger partial charge < -0.3 is 28.9 Å². The molecule has 3 aromatic carbocycles. The first-order valence-electron chi connectivity index (χ1n) is 12.7. The number of methoxy groups -OCH3 is 2. The molecule has 1 aliphatic rings. The van der Waals surface area contributed by atoms with Gasteiger partial charge in [-0.05, 0) is 68.7 Å². The van der Waals surface area contributed by atoms with Gasteiger partial charge in [0.1, 0.15) is 24.7 Å². The number of hydrogen-bond donors (Lipinski definition) is 1. The lowest BCUT2D eigenvalue weighted by molar-refractivity contribution is 0.175. The van der Waals surface area contributed by atoms with E-state index in [0.717, 1.165) is 56.9 Å². The van der Waals surface area contributed by atoms with Crippen molar-refractivity contribution in [3.05, 3.63) is 89.5 Å². The van der Waals surface area contributed by atoms with E-state index in [1.54, 1.807) is 20.3 Å². The van der Waals surface area contributed by atoms with E-state index >= 15 is 0 Å². The SMILES string of the molecule is COc1cc2c(cc1OC)-c1[nH]c3ccc(OCCN(C)C)cc3c1C2=NOCC=CC#Cc1ccccc1.Cl. The third-order valence-electron chi connectivity index (χ3n) is 6.38. The van der Waals surface area contributed by atoms with Crippen molar-refractivity contribution in [2.75, 3.05) is 48.1 Å². The number of aromatic amines is 1. The molecule has 5 rings (SSSR count). The average molecular weight is 558 g/mol. The van der Waals surface area contributed by atoms with Crippen LogP contribution in [0.3, 0.4) is 0 Å². The number of nitrogens with one attached hydrogen (secondary N) is 1. The van der Waals surface area contributed by atoms with Crippen molar-refractivity contribution >= 4 is 29.0 Å². The fraction of sp³-hybridized carbons (Fsp3) is 0.219. The summed E-state index contributed by atoms with van der Waals surface area (Å²) >= 11 is 0. The second kappa shape index (κ2) is 13.1. The Labute approximate surface area is 240 Å². The number of H-pyrrole nitrogens is 1. The van der Waals surface area contributed by atoms with Gasteiger partial charge in [-0.15, -0.1) is 12.4 Å². The van der Waals surface area contributed by atoms with Crippen molar-refractivity contribution in [3.63, 3.8) is 0 Å². The Morgan fingerprint density at radius 1 is 0.950 bits per heavy atom. The molecule has 206 valence electrons. The van der Waals surface area contributed by atoms with Crippen LogP contribution < -0.4 is 14.2 Å². The van der Waals surface area contributed by atoms with Gasteiger partial charge in [0.15, 0.2) is 11.5 Å². The second-order valence-electron chi connectivity index (χ2n) is 9.26. The number of nitrogens with zero attached hydrogens (tertiary/aromatic N) is 2. The van der Waals surface area contributed by atoms with E-state index in [9.17, 15) is 0 Å². The van der Waals surface area contributed by atoms with Crippen molar-refractivity contribution in [3.8, 4) is 40.3 Å². The minimum atomic E-state index is 0. The number of likely N-dealkylation sites (N-methyl/N-ethyl adjacent to an activating group) is 1. The van der Waals surface area contributed by atoms with Crippen LogP contribution in [-0.4, -0.2) is 63.7 Å². The maximum absolute atomic E-state index is 6.02. The molecule has 40 heavy (non-hydrogen) atoms. The Morgan fingerprint density at radius 2 is 1.70 bits per heavy atom. The maximum Gasteiger partial charge on any atom is 0.161 e. The zero-order chi connectivity index (χ0) is 27.2. The van der Waals surface area contributed by atoms with E-state index in [-0.39, 0.29) is 19.0 Å². The molecule has 0 radical (unpaired) electrons. The molecule has 1 heterocycles. The fourth-order valence-electron chi connectivity index (χ4n) is 4.46. The van der Waals surface area contributed by atoms with E-state index < -0.39 is 0 Å². The fourth-order valence-corrected chi connectivity index (χ4v) is 4.46. The van der Waals surface area contributed by atoms with E-state index in [1.165, 1.54) is 0 Å². The highest BCUT2D eigenvalue weighted by Crippen LogP contribution is 2.46. The van der Waals surface area contributed by atoms with Crippen LogP contribution in [0.2, 0.25) is 0 Å². The molecule has 0 saturated carbocycles. The predicted octanol–water partition coefficient (Wildman–Crippen LogP) is 5.90. The van der Waals surface area contributed by atoms with Gasteiger partial charge >= 0.3 is 0 Å². The van der Waals surface area contributed by atoms with E-state index in [2.05, 4.69) is 32.9 Å². The summed E-state index contributed by atoms with van der Waals surface area (Å²) in [7, 11) is 7.31. The average Bonchev–Trinajstić information content (AvgIpc) is 3.46. The highest BCUT2D eigenvalue weighted by atomic mass is 35.5. The second-order valence-corrected chi connectivity index (χ2v) is 9.26. The number of aromatic nitrogens is 1. The van der Waals surface area contributed by atoms with Crippen LogP contribution in [0.1, 0.15) is 16.7 Å².